The van der Waals surface area contributed by atoms with Crippen LogP contribution in [0.25, 0.3) is 55.3 Å². The highest BCUT2D eigenvalue weighted by molar-refractivity contribution is 6.04. The van der Waals surface area contributed by atoms with Crippen LogP contribution in [0.3, 0.4) is 0 Å². The van der Waals surface area contributed by atoms with Crippen molar-refractivity contribution in [1.82, 2.24) is 34.6 Å². The summed E-state index contributed by atoms with van der Waals surface area (Å²) in [6, 6.07) is 21.3. The van der Waals surface area contributed by atoms with E-state index in [1.807, 2.05) is 53.1 Å². The van der Waals surface area contributed by atoms with Crippen LogP contribution < -0.4 is 5.73 Å². The first-order valence-electron chi connectivity index (χ1n) is 24.6. The van der Waals surface area contributed by atoms with Crippen LogP contribution in [0, 0.1) is 18.2 Å². The molecule has 0 saturated heterocycles. The van der Waals surface area contributed by atoms with Crippen molar-refractivity contribution in [2.24, 2.45) is 0 Å². The number of hydrogen-bond donors (Lipinski definition) is 3. The quantitative estimate of drug-likeness (QED) is 0.0566. The maximum Gasteiger partial charge on any atom is 0.289 e. The lowest BCUT2D eigenvalue weighted by Crippen LogP contribution is -2.35. The highest BCUT2D eigenvalue weighted by atomic mass is 19.1. The van der Waals surface area contributed by atoms with E-state index in [9.17, 15) is 28.7 Å². The van der Waals surface area contributed by atoms with Gasteiger partial charge in [-0.1, -0.05) is 36.8 Å². The largest absolute Gasteiger partial charge is 0.507 e. The number of rotatable bonds is 13. The third-order valence-electron chi connectivity index (χ3n) is 12.7. The number of benzene rings is 4. The number of furan rings is 2. The molecular weight excluding hydrogens is 942 g/mol. The van der Waals surface area contributed by atoms with Crippen LogP contribution >= 0.6 is 0 Å². The molecule has 4 N–H and O–H groups in total. The molecule has 0 aliphatic carbocycles. The summed E-state index contributed by atoms with van der Waals surface area (Å²) in [5.41, 5.74) is 15.9. The van der Waals surface area contributed by atoms with Crippen LogP contribution in [0.2, 0.25) is 0 Å². The second-order valence-electron chi connectivity index (χ2n) is 18.9. The Morgan fingerprint density at radius 1 is 0.811 bits per heavy atom. The van der Waals surface area contributed by atoms with Gasteiger partial charge in [0.2, 0.25) is 18.2 Å². The normalized spacial score (nSPS) is 13.3. The molecule has 0 fully saturated rings. The number of nitrogens with zero attached hydrogens (tertiary/aromatic N) is 7. The van der Waals surface area contributed by atoms with Gasteiger partial charge >= 0.3 is 0 Å². The minimum atomic E-state index is -0.548. The van der Waals surface area contributed by atoms with Gasteiger partial charge in [-0.3, -0.25) is 23.9 Å². The fourth-order valence-electron chi connectivity index (χ4n) is 8.87. The van der Waals surface area contributed by atoms with Crippen molar-refractivity contribution < 1.29 is 37.5 Å². The second kappa shape index (κ2) is 23.9. The van der Waals surface area contributed by atoms with Crippen LogP contribution in [0.1, 0.15) is 85.4 Å². The van der Waals surface area contributed by atoms with Crippen LogP contribution in [0.5, 0.6) is 5.75 Å². The van der Waals surface area contributed by atoms with Gasteiger partial charge in [0.05, 0.1) is 12.7 Å². The number of amides is 4. The van der Waals surface area contributed by atoms with Crippen molar-refractivity contribution in [2.45, 2.75) is 65.8 Å². The molecule has 0 saturated carbocycles. The van der Waals surface area contributed by atoms with Crippen molar-refractivity contribution in [1.29, 1.82) is 5.41 Å². The number of nitrogens with two attached hydrogens (primary N) is 1. The zero-order valence-corrected chi connectivity index (χ0v) is 43.1. The summed E-state index contributed by atoms with van der Waals surface area (Å²) < 4.78 is 27.3. The summed E-state index contributed by atoms with van der Waals surface area (Å²) in [5, 5.41) is 28.0. The Balaban J connectivity index is 0.000000198. The number of fused-ring (bicyclic) bond motifs is 2. The Hall–Kier alpha value is -8.34. The number of hydrogen-bond acceptors (Lipinski definition) is 11. The van der Waals surface area contributed by atoms with E-state index in [-0.39, 0.29) is 29.2 Å². The fourth-order valence-corrected chi connectivity index (χ4v) is 8.87. The zero-order valence-electron chi connectivity index (χ0n) is 43.1. The Labute approximate surface area is 430 Å². The first-order valence-corrected chi connectivity index (χ1v) is 24.6. The number of halogens is 1. The number of nitrogens with one attached hydrogen (secondary N) is 1. The first kappa shape index (κ1) is 53.5. The number of aromatic nitrogens is 3. The molecule has 0 unspecified atom stereocenters. The number of aromatic hydroxyl groups is 1. The lowest BCUT2D eigenvalue weighted by Gasteiger charge is -2.28. The fraction of sp³-hybridized carbons (Fsp3) is 0.316. The molecule has 0 atom stereocenters. The first-order chi connectivity index (χ1) is 35.4. The minimum absolute atomic E-state index is 0.108. The molecule has 16 nitrogen and oxygen atoms in total. The molecule has 17 heteroatoms. The van der Waals surface area contributed by atoms with Gasteiger partial charge in [-0.15, -0.1) is 5.10 Å². The monoisotopic (exact) mass is 1010 g/mol. The number of phenolic OH excluding ortho intramolecular Hbond substituents is 1. The van der Waals surface area contributed by atoms with Crippen LogP contribution in [-0.4, -0.2) is 124 Å². The molecule has 7 aromatic rings. The molecule has 0 bridgehead atoms. The van der Waals surface area contributed by atoms with Gasteiger partial charge in [0.25, 0.3) is 5.91 Å². The Morgan fingerprint density at radius 3 is 2.01 bits per heavy atom. The standard InChI is InChI=1S/C27H29FN2O4.C27H28N6O2.C3H7NO/c1-4-5-8-25(32)30-11-6-7-17(16-30)18-12-19-14-24(27(33)29(2)3)34-26(19)22(13-18)21-10-9-20(28)15-23(21)31;1-17-12-22-13-21(15-24(27(22)35-17)19-5-6-25(29)23(14-19)18(2)28)20-4-3-9-32(16-20)26(34)7-10-33-11-8-30-31-33;1-4(2)3-5/h7,9-10,12-15,31H,4-6,8,11,16H2,1-3H3;4-6,8,11-15,28H,3,7,9-10,16,29H2,1-2H3;3H,1-2H3. The van der Waals surface area contributed by atoms with Crippen molar-refractivity contribution in [2.75, 3.05) is 60.1 Å². The van der Waals surface area contributed by atoms with E-state index in [2.05, 4.69) is 41.5 Å². The van der Waals surface area contributed by atoms with Crippen molar-refractivity contribution >= 4 is 68.6 Å². The van der Waals surface area contributed by atoms with Crippen molar-refractivity contribution in [3.8, 4) is 28.0 Å². The molecule has 2 aliphatic heterocycles. The van der Waals surface area contributed by atoms with E-state index in [0.717, 1.165) is 88.3 Å². The van der Waals surface area contributed by atoms with Gasteiger partial charge in [0.1, 0.15) is 28.5 Å². The molecule has 0 radical (unpaired) electrons. The summed E-state index contributed by atoms with van der Waals surface area (Å²) in [4.78, 5) is 54.2. The molecule has 0 spiro atoms. The van der Waals surface area contributed by atoms with E-state index in [1.165, 1.54) is 21.9 Å². The molecule has 74 heavy (non-hydrogen) atoms. The summed E-state index contributed by atoms with van der Waals surface area (Å²) in [7, 11) is 6.66. The van der Waals surface area contributed by atoms with E-state index in [4.69, 9.17) is 20.0 Å². The molecule has 4 amide bonds. The van der Waals surface area contributed by atoms with Gasteiger partial charge < -0.3 is 44.7 Å². The maximum atomic E-state index is 13.7. The van der Waals surface area contributed by atoms with Gasteiger partial charge in [-0.25, -0.2) is 4.39 Å². The number of aryl methyl sites for hydroxylation is 2. The van der Waals surface area contributed by atoms with Gasteiger partial charge in [-0.05, 0) is 122 Å². The van der Waals surface area contributed by atoms with Crippen LogP contribution in [0.15, 0.2) is 106 Å². The summed E-state index contributed by atoms with van der Waals surface area (Å²) >= 11 is 0. The summed E-state index contributed by atoms with van der Waals surface area (Å²) in [6.07, 6.45) is 12.8. The van der Waals surface area contributed by atoms with E-state index >= 15 is 0 Å². The second-order valence-corrected chi connectivity index (χ2v) is 18.9. The Morgan fingerprint density at radius 2 is 1.43 bits per heavy atom. The van der Waals surface area contributed by atoms with Crippen LogP contribution in [0.4, 0.5) is 10.1 Å². The van der Waals surface area contributed by atoms with E-state index < -0.39 is 5.82 Å². The van der Waals surface area contributed by atoms with Gasteiger partial charge in [0.15, 0.2) is 5.76 Å². The predicted molar refractivity (Wildman–Crippen MR) is 287 cm³/mol. The number of carbonyl (C=O) groups excluding carboxylic acids is 4. The SMILES string of the molecule is CC(=N)c1cc(-c2cc(C3=CCCN(C(=O)CCn4ccnn4)C3)cc3cc(C)oc23)ccc1N.CCCCC(=O)N1CCC=C(c2cc(-c3ccc(F)cc3O)c3oc(C(=O)N(C)C)cc3c2)C1.CN(C)C=O. The zero-order chi connectivity index (χ0) is 53.2. The Bertz CT molecular complexity index is 3260. The number of carbonyl (C=O) groups is 4. The molecule has 4 aromatic carbocycles. The molecule has 5 heterocycles. The average molecular weight is 1010 g/mol. The van der Waals surface area contributed by atoms with E-state index in [0.29, 0.717) is 84.6 Å². The maximum absolute atomic E-state index is 13.7. The average Bonchev–Trinajstić information content (AvgIpc) is 4.17. The highest BCUT2D eigenvalue weighted by Crippen LogP contribution is 2.40. The highest BCUT2D eigenvalue weighted by Gasteiger charge is 2.25. The minimum Gasteiger partial charge on any atom is -0.507 e. The third-order valence-corrected chi connectivity index (χ3v) is 12.7. The lowest BCUT2D eigenvalue weighted by atomic mass is 9.93. The topological polar surface area (TPSA) is 208 Å². The van der Waals surface area contributed by atoms with Gasteiger partial charge in [0, 0.05) is 124 Å². The molecule has 9 rings (SSSR count). The van der Waals surface area contributed by atoms with E-state index in [1.54, 1.807) is 58.3 Å². The number of phenols is 1. The van der Waals surface area contributed by atoms with Gasteiger partial charge in [-0.2, -0.15) is 0 Å². The van der Waals surface area contributed by atoms with Crippen molar-refractivity contribution in [3.05, 3.63) is 131 Å². The number of anilines is 1. The lowest BCUT2D eigenvalue weighted by molar-refractivity contribution is -0.131. The summed E-state index contributed by atoms with van der Waals surface area (Å²) in [6.45, 7) is 8.71. The molecule has 386 valence electrons. The predicted octanol–water partition coefficient (Wildman–Crippen LogP) is 9.83. The molecule has 3 aromatic heterocycles. The molecule has 2 aliphatic rings. The number of unbranched alkanes of at least 4 members (excludes halogenated alkanes) is 1. The van der Waals surface area contributed by atoms with Crippen LogP contribution in [-0.2, 0) is 20.9 Å². The Kier molecular flexibility index (Phi) is 17.3. The molecular formula is C57H64FN9O7. The number of nitrogen functional groups attached to an aromatic ring is 1. The van der Waals surface area contributed by atoms with Crippen molar-refractivity contribution in [3.63, 3.8) is 0 Å². The smallest absolute Gasteiger partial charge is 0.289 e. The summed E-state index contributed by atoms with van der Waals surface area (Å²) in [5.74, 6) is 0.214. The third kappa shape index (κ3) is 12.8.